The average molecular weight is 388 g/mol. The largest absolute Gasteiger partial charge is 0.497 e. The van der Waals surface area contributed by atoms with Crippen molar-refractivity contribution < 1.29 is 32.7 Å². The maximum absolute atomic E-state index is 11.1. The van der Waals surface area contributed by atoms with Gasteiger partial charge in [0.05, 0.1) is 0 Å². The van der Waals surface area contributed by atoms with E-state index in [-0.39, 0.29) is 17.8 Å². The molecule has 2 heterocycles. The Morgan fingerprint density at radius 1 is 0.958 bits per heavy atom. The molecule has 0 bridgehead atoms. The summed E-state index contributed by atoms with van der Waals surface area (Å²) in [5.41, 5.74) is 15.4. The first kappa shape index (κ1) is 20.6. The van der Waals surface area contributed by atoms with E-state index >= 15 is 0 Å². The summed E-state index contributed by atoms with van der Waals surface area (Å²) < 4.78 is 29.4. The second kappa shape index (κ2) is 8.62. The highest BCUT2D eigenvalue weighted by atomic mass is 31.3. The molecule has 1 aliphatic heterocycles. The van der Waals surface area contributed by atoms with E-state index in [0.29, 0.717) is 26.2 Å². The SMILES string of the molecule is Nc1nc(N)nc(N)n1.O=P(O)(O)OP(=O)(O)ON1CCNCC1. The Labute approximate surface area is 136 Å². The number of hydroxylamine groups is 2. The van der Waals surface area contributed by atoms with Crippen molar-refractivity contribution in [3.63, 3.8) is 0 Å². The quantitative estimate of drug-likeness (QED) is 0.267. The summed E-state index contributed by atoms with van der Waals surface area (Å²) in [6.07, 6.45) is 0. The number of anilines is 3. The fourth-order valence-corrected chi connectivity index (χ4v) is 3.10. The van der Waals surface area contributed by atoms with Gasteiger partial charge in [-0.2, -0.15) is 29.0 Å². The highest BCUT2D eigenvalue weighted by Crippen LogP contribution is 2.57. The maximum atomic E-state index is 11.1. The van der Waals surface area contributed by atoms with Crippen LogP contribution in [-0.2, 0) is 18.1 Å². The lowest BCUT2D eigenvalue weighted by Crippen LogP contribution is -2.42. The van der Waals surface area contributed by atoms with Gasteiger partial charge in [0.2, 0.25) is 17.8 Å². The van der Waals surface area contributed by atoms with E-state index in [0.717, 1.165) is 5.06 Å². The Kier molecular flexibility index (Phi) is 7.41. The van der Waals surface area contributed by atoms with Gasteiger partial charge < -0.3 is 37.2 Å². The van der Waals surface area contributed by atoms with Gasteiger partial charge in [-0.3, -0.25) is 0 Å². The number of rotatable bonds is 4. The van der Waals surface area contributed by atoms with Gasteiger partial charge in [-0.25, -0.2) is 9.13 Å². The van der Waals surface area contributed by atoms with Crippen LogP contribution in [0.1, 0.15) is 0 Å². The molecule has 10 N–H and O–H groups in total. The number of nitrogen functional groups attached to an aromatic ring is 3. The summed E-state index contributed by atoms with van der Waals surface area (Å²) in [6, 6.07) is 0. The molecule has 1 unspecified atom stereocenters. The average Bonchev–Trinajstić information content (AvgIpc) is 2.34. The van der Waals surface area contributed by atoms with Crippen LogP contribution in [0.5, 0.6) is 0 Å². The minimum absolute atomic E-state index is 0.0417. The molecule has 0 aromatic carbocycles. The predicted molar refractivity (Wildman–Crippen MR) is 81.5 cm³/mol. The molecule has 1 atom stereocenters. The molecule has 1 fully saturated rings. The molecule has 17 heteroatoms. The van der Waals surface area contributed by atoms with E-state index in [1.54, 1.807) is 0 Å². The fourth-order valence-electron chi connectivity index (χ4n) is 1.45. The molecule has 0 saturated carbocycles. The summed E-state index contributed by atoms with van der Waals surface area (Å²) in [4.78, 5) is 36.1. The van der Waals surface area contributed by atoms with Gasteiger partial charge >= 0.3 is 15.6 Å². The van der Waals surface area contributed by atoms with Crippen LogP contribution in [0.25, 0.3) is 0 Å². The molecule has 24 heavy (non-hydrogen) atoms. The second-order valence-electron chi connectivity index (χ2n) is 4.21. The number of hydrogen-bond acceptors (Lipinski definition) is 12. The Hall–Kier alpha value is -1.41. The molecular weight excluding hydrogens is 370 g/mol. The Balaban J connectivity index is 0.000000272. The lowest BCUT2D eigenvalue weighted by atomic mass is 10.4. The molecule has 1 aromatic rings. The molecule has 15 nitrogen and oxygen atoms in total. The number of hydrogen-bond donors (Lipinski definition) is 7. The van der Waals surface area contributed by atoms with E-state index in [4.69, 9.17) is 31.9 Å². The number of nitrogens with two attached hydrogens (primary N) is 3. The minimum Gasteiger partial charge on any atom is -0.368 e. The second-order valence-corrected chi connectivity index (χ2v) is 6.95. The standard InChI is InChI=1S/C4H12N2O7P2.C3H6N6/c7-14(8,9)13-15(10,11)12-6-3-1-5-2-4-6;4-1-7-2(5)9-3(6)8-1/h5H,1-4H2,(H,10,11)(H2,7,8,9);(H6,4,5,6,7,8,9). The van der Waals surface area contributed by atoms with Gasteiger partial charge in [0, 0.05) is 26.2 Å². The summed E-state index contributed by atoms with van der Waals surface area (Å²) >= 11 is 0. The van der Waals surface area contributed by atoms with Crippen LogP contribution in [-0.4, -0.2) is 60.9 Å². The van der Waals surface area contributed by atoms with Crippen molar-refractivity contribution in [2.45, 2.75) is 0 Å². The first-order valence-corrected chi connectivity index (χ1v) is 9.27. The van der Waals surface area contributed by atoms with Crippen LogP contribution < -0.4 is 22.5 Å². The van der Waals surface area contributed by atoms with Crippen LogP contribution in [0, 0.1) is 0 Å². The van der Waals surface area contributed by atoms with Gasteiger partial charge in [0.25, 0.3) is 0 Å². The molecule has 1 aromatic heterocycles. The zero-order chi connectivity index (χ0) is 18.4. The van der Waals surface area contributed by atoms with Crippen molar-refractivity contribution in [1.29, 1.82) is 0 Å². The number of phosphoric acid groups is 2. The van der Waals surface area contributed by atoms with E-state index in [1.165, 1.54) is 0 Å². The van der Waals surface area contributed by atoms with Gasteiger partial charge in [-0.05, 0) is 0 Å². The summed E-state index contributed by atoms with van der Waals surface area (Å²) in [5, 5.41) is 4.08. The van der Waals surface area contributed by atoms with Crippen LogP contribution in [0.3, 0.4) is 0 Å². The molecule has 1 saturated heterocycles. The van der Waals surface area contributed by atoms with E-state index < -0.39 is 15.6 Å². The van der Waals surface area contributed by atoms with Crippen LogP contribution >= 0.6 is 15.6 Å². The first-order chi connectivity index (χ1) is 11.0. The third kappa shape index (κ3) is 9.02. The van der Waals surface area contributed by atoms with Crippen LogP contribution in [0.2, 0.25) is 0 Å². The maximum Gasteiger partial charge on any atom is 0.497 e. The normalized spacial score (nSPS) is 18.3. The molecule has 0 aliphatic carbocycles. The molecule has 138 valence electrons. The molecule has 0 amide bonds. The van der Waals surface area contributed by atoms with Crippen molar-refractivity contribution in [2.24, 2.45) is 0 Å². The zero-order valence-electron chi connectivity index (χ0n) is 12.2. The monoisotopic (exact) mass is 388 g/mol. The van der Waals surface area contributed by atoms with Crippen molar-refractivity contribution in [1.82, 2.24) is 25.3 Å². The lowest BCUT2D eigenvalue weighted by Gasteiger charge is -2.27. The number of piperazine rings is 1. The molecule has 0 radical (unpaired) electrons. The molecule has 2 rings (SSSR count). The van der Waals surface area contributed by atoms with Crippen LogP contribution in [0.4, 0.5) is 17.8 Å². The highest BCUT2D eigenvalue weighted by Gasteiger charge is 2.35. The summed E-state index contributed by atoms with van der Waals surface area (Å²) in [5.74, 6) is 0.125. The van der Waals surface area contributed by atoms with Crippen molar-refractivity contribution in [3.05, 3.63) is 0 Å². The van der Waals surface area contributed by atoms with Gasteiger partial charge in [-0.15, -0.1) is 0 Å². The smallest absolute Gasteiger partial charge is 0.368 e. The number of aromatic nitrogens is 3. The summed E-state index contributed by atoms with van der Waals surface area (Å²) in [6.45, 7) is 1.76. The predicted octanol–water partition coefficient (Wildman–Crippen LogP) is -2.35. The molecule has 1 aliphatic rings. The minimum atomic E-state index is -5.04. The number of nitrogens with one attached hydrogen (secondary N) is 1. The Morgan fingerprint density at radius 3 is 1.75 bits per heavy atom. The Bertz CT molecular complexity index is 585. The van der Waals surface area contributed by atoms with Gasteiger partial charge in [0.15, 0.2) is 0 Å². The Morgan fingerprint density at radius 2 is 1.38 bits per heavy atom. The lowest BCUT2D eigenvalue weighted by molar-refractivity contribution is -0.0870. The van der Waals surface area contributed by atoms with Gasteiger partial charge in [-0.1, -0.05) is 0 Å². The fraction of sp³-hybridized carbons (Fsp3) is 0.571. The molecule has 0 spiro atoms. The van der Waals surface area contributed by atoms with Crippen molar-refractivity contribution in [2.75, 3.05) is 43.4 Å². The molecular formula is C7H18N8O7P2. The number of nitrogens with zero attached hydrogens (tertiary/aromatic N) is 4. The van der Waals surface area contributed by atoms with Crippen molar-refractivity contribution in [3.8, 4) is 0 Å². The van der Waals surface area contributed by atoms with E-state index in [2.05, 4.69) is 29.2 Å². The highest BCUT2D eigenvalue weighted by molar-refractivity contribution is 7.60. The topological polar surface area (TPSA) is 245 Å². The van der Waals surface area contributed by atoms with Crippen LogP contribution in [0.15, 0.2) is 0 Å². The third-order valence-electron chi connectivity index (χ3n) is 2.19. The van der Waals surface area contributed by atoms with Gasteiger partial charge in [0.1, 0.15) is 0 Å². The first-order valence-electron chi connectivity index (χ1n) is 6.24. The van der Waals surface area contributed by atoms with E-state index in [1.807, 2.05) is 0 Å². The third-order valence-corrected chi connectivity index (χ3v) is 4.31. The van der Waals surface area contributed by atoms with E-state index in [9.17, 15) is 9.13 Å². The zero-order valence-corrected chi connectivity index (χ0v) is 14.0. The summed E-state index contributed by atoms with van der Waals surface area (Å²) in [7, 11) is -9.78. The van der Waals surface area contributed by atoms with Crippen molar-refractivity contribution >= 4 is 33.5 Å².